The molecule has 2 rings (SSSR count). The maximum atomic E-state index is 4.27. The fourth-order valence-corrected chi connectivity index (χ4v) is 1.55. The summed E-state index contributed by atoms with van der Waals surface area (Å²) in [6, 6.07) is 4.32. The summed E-state index contributed by atoms with van der Waals surface area (Å²) >= 11 is 0. The maximum absolute atomic E-state index is 4.27. The summed E-state index contributed by atoms with van der Waals surface area (Å²) < 4.78 is 0. The van der Waals surface area contributed by atoms with Crippen LogP contribution in [0.15, 0.2) is 18.3 Å². The van der Waals surface area contributed by atoms with Crippen LogP contribution >= 0.6 is 0 Å². The quantitative estimate of drug-likeness (QED) is 0.676. The van der Waals surface area contributed by atoms with Crippen LogP contribution in [0.4, 0.5) is 0 Å². The van der Waals surface area contributed by atoms with Gasteiger partial charge in [0.05, 0.1) is 11.7 Å². The zero-order valence-electron chi connectivity index (χ0n) is 9.18. The number of hydrogen-bond donors (Lipinski definition) is 1. The Labute approximate surface area is 84.4 Å². The van der Waals surface area contributed by atoms with Crippen LogP contribution in [0.25, 0.3) is 10.9 Å². The van der Waals surface area contributed by atoms with Crippen LogP contribution in [0, 0.1) is 6.92 Å². The van der Waals surface area contributed by atoms with Gasteiger partial charge in [-0.3, -0.25) is 4.98 Å². The van der Waals surface area contributed by atoms with Crippen molar-refractivity contribution in [3.8, 4) is 0 Å². The van der Waals surface area contributed by atoms with E-state index in [1.54, 1.807) is 0 Å². The Morgan fingerprint density at radius 3 is 2.57 bits per heavy atom. The van der Waals surface area contributed by atoms with Crippen LogP contribution in [0.5, 0.6) is 0 Å². The first-order valence-corrected chi connectivity index (χ1v) is 4.93. The highest BCUT2D eigenvalue weighted by Gasteiger charge is 2.15. The monoisotopic (exact) mass is 188 g/mol. The molecule has 74 valence electrons. The molecule has 0 atom stereocenters. The molecule has 0 saturated carbocycles. The van der Waals surface area contributed by atoms with Gasteiger partial charge in [0.25, 0.3) is 0 Å². The average Bonchev–Trinajstić information content (AvgIpc) is 2.45. The van der Waals surface area contributed by atoms with Crippen LogP contribution < -0.4 is 0 Å². The van der Waals surface area contributed by atoms with Gasteiger partial charge >= 0.3 is 0 Å². The number of nitrogens with one attached hydrogen (secondary N) is 1. The van der Waals surface area contributed by atoms with E-state index in [0.717, 1.165) is 11.2 Å². The lowest BCUT2D eigenvalue weighted by Crippen LogP contribution is -2.10. The van der Waals surface area contributed by atoms with Gasteiger partial charge < -0.3 is 4.98 Å². The summed E-state index contributed by atoms with van der Waals surface area (Å²) in [5, 5.41) is 1.25. The number of pyridine rings is 1. The van der Waals surface area contributed by atoms with Crippen molar-refractivity contribution >= 4 is 10.9 Å². The fourth-order valence-electron chi connectivity index (χ4n) is 1.55. The molecule has 0 aliphatic rings. The first kappa shape index (κ1) is 9.25. The smallest absolute Gasteiger partial charge is 0.0642 e. The molecule has 0 saturated heterocycles. The first-order chi connectivity index (χ1) is 6.47. The fraction of sp³-hybridized carbons (Fsp3) is 0.417. The highest BCUT2D eigenvalue weighted by atomic mass is 14.8. The zero-order chi connectivity index (χ0) is 10.3. The van der Waals surface area contributed by atoms with Crippen LogP contribution in [0.1, 0.15) is 32.2 Å². The van der Waals surface area contributed by atoms with E-state index in [4.69, 9.17) is 0 Å². The molecule has 2 aromatic rings. The maximum Gasteiger partial charge on any atom is 0.0642 e. The Morgan fingerprint density at radius 2 is 1.93 bits per heavy atom. The topological polar surface area (TPSA) is 28.7 Å². The Balaban J connectivity index is 2.63. The van der Waals surface area contributed by atoms with E-state index in [9.17, 15) is 0 Å². The molecule has 2 heterocycles. The second-order valence-electron chi connectivity index (χ2n) is 4.85. The third-order valence-electron chi connectivity index (χ3n) is 2.45. The SMILES string of the molecule is Cc1cc2cc(C(C)(C)C)[nH]c2cn1. The predicted molar refractivity (Wildman–Crippen MR) is 59.5 cm³/mol. The molecule has 2 nitrogen and oxygen atoms in total. The van der Waals surface area contributed by atoms with Gasteiger partial charge in [-0.25, -0.2) is 0 Å². The van der Waals surface area contributed by atoms with E-state index >= 15 is 0 Å². The normalized spacial score (nSPS) is 12.3. The molecule has 0 radical (unpaired) electrons. The summed E-state index contributed by atoms with van der Waals surface area (Å²) in [7, 11) is 0. The number of fused-ring (bicyclic) bond motifs is 1. The van der Waals surface area contributed by atoms with Gasteiger partial charge in [-0.05, 0) is 19.1 Å². The van der Waals surface area contributed by atoms with Gasteiger partial charge in [0.15, 0.2) is 0 Å². The summed E-state index contributed by atoms with van der Waals surface area (Å²) in [5.74, 6) is 0. The van der Waals surface area contributed by atoms with E-state index in [-0.39, 0.29) is 5.41 Å². The van der Waals surface area contributed by atoms with Crippen molar-refractivity contribution in [3.05, 3.63) is 29.7 Å². The van der Waals surface area contributed by atoms with Gasteiger partial charge in [0.2, 0.25) is 0 Å². The molecule has 0 aromatic carbocycles. The number of aryl methyl sites for hydroxylation is 1. The van der Waals surface area contributed by atoms with Crippen LogP contribution in [0.2, 0.25) is 0 Å². The van der Waals surface area contributed by atoms with Crippen molar-refractivity contribution in [2.24, 2.45) is 0 Å². The van der Waals surface area contributed by atoms with Crippen molar-refractivity contribution in [2.75, 3.05) is 0 Å². The number of nitrogens with zero attached hydrogens (tertiary/aromatic N) is 1. The van der Waals surface area contributed by atoms with E-state index in [2.05, 4.69) is 42.9 Å². The van der Waals surface area contributed by atoms with E-state index < -0.39 is 0 Å². The van der Waals surface area contributed by atoms with Crippen molar-refractivity contribution in [3.63, 3.8) is 0 Å². The molecule has 0 unspecified atom stereocenters. The summed E-state index contributed by atoms with van der Waals surface area (Å²) in [5.41, 5.74) is 3.63. The number of hydrogen-bond acceptors (Lipinski definition) is 1. The Kier molecular flexibility index (Phi) is 1.88. The van der Waals surface area contributed by atoms with Gasteiger partial charge in [0.1, 0.15) is 0 Å². The highest BCUT2D eigenvalue weighted by molar-refractivity contribution is 5.80. The van der Waals surface area contributed by atoms with Gasteiger partial charge in [-0.1, -0.05) is 20.8 Å². The molecular formula is C12H16N2. The molecule has 0 spiro atoms. The average molecular weight is 188 g/mol. The number of rotatable bonds is 0. The molecular weight excluding hydrogens is 172 g/mol. The van der Waals surface area contributed by atoms with E-state index in [0.29, 0.717) is 0 Å². The van der Waals surface area contributed by atoms with Gasteiger partial charge in [-0.15, -0.1) is 0 Å². The summed E-state index contributed by atoms with van der Waals surface area (Å²) in [6.45, 7) is 8.64. The Morgan fingerprint density at radius 1 is 1.21 bits per heavy atom. The third kappa shape index (κ3) is 1.52. The van der Waals surface area contributed by atoms with E-state index in [1.807, 2.05) is 13.1 Å². The third-order valence-corrected chi connectivity index (χ3v) is 2.45. The van der Waals surface area contributed by atoms with Crippen molar-refractivity contribution in [1.82, 2.24) is 9.97 Å². The molecule has 0 aliphatic carbocycles. The van der Waals surface area contributed by atoms with Crippen LogP contribution in [-0.2, 0) is 5.41 Å². The second-order valence-corrected chi connectivity index (χ2v) is 4.85. The van der Waals surface area contributed by atoms with Crippen LogP contribution in [-0.4, -0.2) is 9.97 Å². The lowest BCUT2D eigenvalue weighted by Gasteiger charge is -2.15. The van der Waals surface area contributed by atoms with Crippen molar-refractivity contribution < 1.29 is 0 Å². The predicted octanol–water partition coefficient (Wildman–Crippen LogP) is 3.17. The minimum absolute atomic E-state index is 0.174. The van der Waals surface area contributed by atoms with Crippen molar-refractivity contribution in [2.45, 2.75) is 33.1 Å². The Bertz CT molecular complexity index is 461. The summed E-state index contributed by atoms with van der Waals surface area (Å²) in [4.78, 5) is 7.67. The summed E-state index contributed by atoms with van der Waals surface area (Å²) in [6.07, 6.45) is 1.90. The molecule has 1 N–H and O–H groups in total. The lowest BCUT2D eigenvalue weighted by atomic mass is 9.92. The van der Waals surface area contributed by atoms with Gasteiger partial charge in [-0.2, -0.15) is 0 Å². The van der Waals surface area contributed by atoms with Gasteiger partial charge in [0, 0.05) is 22.2 Å². The molecule has 0 fully saturated rings. The second kappa shape index (κ2) is 2.84. The molecule has 2 heteroatoms. The Hall–Kier alpha value is -1.31. The lowest BCUT2D eigenvalue weighted by molar-refractivity contribution is 0.574. The van der Waals surface area contributed by atoms with E-state index in [1.165, 1.54) is 11.1 Å². The molecule has 0 bridgehead atoms. The molecule has 0 amide bonds. The van der Waals surface area contributed by atoms with Crippen molar-refractivity contribution in [1.29, 1.82) is 0 Å². The number of H-pyrrole nitrogens is 1. The number of aromatic amines is 1. The molecule has 14 heavy (non-hydrogen) atoms. The largest absolute Gasteiger partial charge is 0.357 e. The standard InChI is InChI=1S/C12H16N2/c1-8-5-9-6-11(12(2,3)4)14-10(9)7-13-8/h5-7,14H,1-4H3. The highest BCUT2D eigenvalue weighted by Crippen LogP contribution is 2.25. The minimum Gasteiger partial charge on any atom is -0.357 e. The zero-order valence-corrected chi connectivity index (χ0v) is 9.18. The molecule has 0 aliphatic heterocycles. The first-order valence-electron chi connectivity index (χ1n) is 4.93. The number of aromatic nitrogens is 2. The minimum atomic E-state index is 0.174. The molecule has 2 aromatic heterocycles. The van der Waals surface area contributed by atoms with Crippen LogP contribution in [0.3, 0.4) is 0 Å².